The maximum absolute atomic E-state index is 11.9. The van der Waals surface area contributed by atoms with Gasteiger partial charge in [0, 0.05) is 6.92 Å². The third-order valence-electron chi connectivity index (χ3n) is 2.77. The number of benzene rings is 2. The monoisotopic (exact) mass is 299 g/mol. The zero-order valence-electron chi connectivity index (χ0n) is 12.5. The molecule has 5 heteroatoms. The summed E-state index contributed by atoms with van der Waals surface area (Å²) in [6, 6.07) is 14.2. The second kappa shape index (κ2) is 7.26. The molecule has 0 aliphatic rings. The summed E-state index contributed by atoms with van der Waals surface area (Å²) in [5.41, 5.74) is 1.48. The topological polar surface area (TPSA) is 64.6 Å². The minimum atomic E-state index is -0.447. The van der Waals surface area contributed by atoms with E-state index in [9.17, 15) is 9.59 Å². The Kier molecular flexibility index (Phi) is 5.14. The van der Waals surface area contributed by atoms with Gasteiger partial charge in [-0.1, -0.05) is 24.3 Å². The number of anilines is 1. The fourth-order valence-corrected chi connectivity index (χ4v) is 1.85. The number of para-hydroxylation sites is 2. The van der Waals surface area contributed by atoms with Crippen molar-refractivity contribution in [3.63, 3.8) is 0 Å². The largest absolute Gasteiger partial charge is 0.484 e. The van der Waals surface area contributed by atoms with Crippen LogP contribution >= 0.6 is 0 Å². The van der Waals surface area contributed by atoms with E-state index >= 15 is 0 Å². The summed E-state index contributed by atoms with van der Waals surface area (Å²) >= 11 is 0. The minimum absolute atomic E-state index is 0.127. The van der Waals surface area contributed by atoms with Crippen LogP contribution in [0.4, 0.5) is 5.69 Å². The predicted molar refractivity (Wildman–Crippen MR) is 83.1 cm³/mol. The van der Waals surface area contributed by atoms with Crippen molar-refractivity contribution in [3.05, 3.63) is 54.1 Å². The van der Waals surface area contributed by atoms with Gasteiger partial charge in [-0.15, -0.1) is 0 Å². The zero-order valence-corrected chi connectivity index (χ0v) is 12.5. The normalized spacial score (nSPS) is 9.91. The summed E-state index contributed by atoms with van der Waals surface area (Å²) in [6.07, 6.45) is 0. The summed E-state index contributed by atoms with van der Waals surface area (Å²) < 4.78 is 10.5. The van der Waals surface area contributed by atoms with Crippen LogP contribution in [0.25, 0.3) is 0 Å². The van der Waals surface area contributed by atoms with E-state index in [1.165, 1.54) is 6.92 Å². The van der Waals surface area contributed by atoms with Crippen LogP contribution in [-0.2, 0) is 9.59 Å². The number of ether oxygens (including phenoxy) is 2. The van der Waals surface area contributed by atoms with Crippen molar-refractivity contribution in [2.75, 3.05) is 11.9 Å². The molecule has 0 radical (unpaired) electrons. The quantitative estimate of drug-likeness (QED) is 0.681. The SMILES string of the molecule is CC(=O)Oc1ccccc1NC(=O)COc1cccc(C)c1. The fraction of sp³-hybridized carbons (Fsp3) is 0.176. The molecule has 0 spiro atoms. The van der Waals surface area contributed by atoms with Gasteiger partial charge in [-0.05, 0) is 36.8 Å². The van der Waals surface area contributed by atoms with E-state index in [1.54, 1.807) is 30.3 Å². The van der Waals surface area contributed by atoms with Crippen LogP contribution in [0.3, 0.4) is 0 Å². The van der Waals surface area contributed by atoms with Gasteiger partial charge in [0.05, 0.1) is 5.69 Å². The first-order valence-corrected chi connectivity index (χ1v) is 6.81. The van der Waals surface area contributed by atoms with Crippen LogP contribution in [0.1, 0.15) is 12.5 Å². The fourth-order valence-electron chi connectivity index (χ4n) is 1.85. The van der Waals surface area contributed by atoms with Crippen molar-refractivity contribution in [3.8, 4) is 11.5 Å². The Balaban J connectivity index is 1.96. The van der Waals surface area contributed by atoms with Gasteiger partial charge in [0.1, 0.15) is 5.75 Å². The molecule has 0 aliphatic carbocycles. The number of hydrogen-bond donors (Lipinski definition) is 1. The number of carbonyl (C=O) groups is 2. The lowest BCUT2D eigenvalue weighted by Crippen LogP contribution is -2.20. The second-order valence-electron chi connectivity index (χ2n) is 4.74. The second-order valence-corrected chi connectivity index (χ2v) is 4.74. The first-order chi connectivity index (χ1) is 10.5. The highest BCUT2D eigenvalue weighted by Crippen LogP contribution is 2.23. The molecule has 1 amide bonds. The highest BCUT2D eigenvalue weighted by Gasteiger charge is 2.09. The molecule has 22 heavy (non-hydrogen) atoms. The molecule has 0 saturated carbocycles. The zero-order chi connectivity index (χ0) is 15.9. The maximum Gasteiger partial charge on any atom is 0.308 e. The number of esters is 1. The van der Waals surface area contributed by atoms with Gasteiger partial charge in [-0.2, -0.15) is 0 Å². The van der Waals surface area contributed by atoms with Crippen molar-refractivity contribution in [1.29, 1.82) is 0 Å². The van der Waals surface area contributed by atoms with E-state index in [2.05, 4.69) is 5.32 Å². The van der Waals surface area contributed by atoms with E-state index < -0.39 is 5.97 Å². The molecule has 0 saturated heterocycles. The summed E-state index contributed by atoms with van der Waals surface area (Å²) in [4.78, 5) is 23.0. The summed E-state index contributed by atoms with van der Waals surface area (Å²) in [5.74, 6) is 0.154. The Morgan fingerprint density at radius 1 is 1.09 bits per heavy atom. The Morgan fingerprint density at radius 2 is 1.86 bits per heavy atom. The minimum Gasteiger partial charge on any atom is -0.484 e. The van der Waals surface area contributed by atoms with E-state index in [1.807, 2.05) is 25.1 Å². The summed E-state index contributed by atoms with van der Waals surface area (Å²) in [5, 5.41) is 2.66. The molecule has 2 aromatic carbocycles. The Morgan fingerprint density at radius 3 is 2.59 bits per heavy atom. The molecule has 5 nitrogen and oxygen atoms in total. The molecule has 2 aromatic rings. The van der Waals surface area contributed by atoms with Crippen molar-refractivity contribution in [1.82, 2.24) is 0 Å². The summed E-state index contributed by atoms with van der Waals surface area (Å²) in [7, 11) is 0. The van der Waals surface area contributed by atoms with Crippen LogP contribution in [0.15, 0.2) is 48.5 Å². The molecule has 0 aromatic heterocycles. The Labute approximate surface area is 128 Å². The lowest BCUT2D eigenvalue weighted by molar-refractivity contribution is -0.132. The van der Waals surface area contributed by atoms with Crippen molar-refractivity contribution in [2.45, 2.75) is 13.8 Å². The number of carbonyl (C=O) groups excluding carboxylic acids is 2. The first kappa shape index (κ1) is 15.6. The van der Waals surface area contributed by atoms with E-state index in [0.717, 1.165) is 5.56 Å². The molecule has 0 unspecified atom stereocenters. The standard InChI is InChI=1S/C17H17NO4/c1-12-6-5-7-14(10-12)21-11-17(20)18-15-8-3-4-9-16(15)22-13(2)19/h3-10H,11H2,1-2H3,(H,18,20). The molecule has 114 valence electrons. The third-order valence-corrected chi connectivity index (χ3v) is 2.77. The Hall–Kier alpha value is -2.82. The molecular weight excluding hydrogens is 282 g/mol. The predicted octanol–water partition coefficient (Wildman–Crippen LogP) is 2.94. The molecular formula is C17H17NO4. The number of aryl methyl sites for hydroxylation is 1. The first-order valence-electron chi connectivity index (χ1n) is 6.81. The van der Waals surface area contributed by atoms with Gasteiger partial charge in [0.25, 0.3) is 5.91 Å². The molecule has 0 bridgehead atoms. The van der Waals surface area contributed by atoms with Crippen molar-refractivity contribution < 1.29 is 19.1 Å². The van der Waals surface area contributed by atoms with Gasteiger partial charge in [0.15, 0.2) is 12.4 Å². The average Bonchev–Trinajstić information content (AvgIpc) is 2.47. The van der Waals surface area contributed by atoms with Gasteiger partial charge in [-0.25, -0.2) is 0 Å². The van der Waals surface area contributed by atoms with Gasteiger partial charge in [-0.3, -0.25) is 9.59 Å². The molecule has 0 heterocycles. The molecule has 0 atom stereocenters. The van der Waals surface area contributed by atoms with E-state index in [-0.39, 0.29) is 12.5 Å². The number of rotatable bonds is 5. The maximum atomic E-state index is 11.9. The molecule has 1 N–H and O–H groups in total. The average molecular weight is 299 g/mol. The van der Waals surface area contributed by atoms with Gasteiger partial charge in [0.2, 0.25) is 0 Å². The molecule has 2 rings (SSSR count). The highest BCUT2D eigenvalue weighted by atomic mass is 16.5. The lowest BCUT2D eigenvalue weighted by Gasteiger charge is -2.11. The van der Waals surface area contributed by atoms with Crippen LogP contribution in [0.2, 0.25) is 0 Å². The van der Waals surface area contributed by atoms with E-state index in [0.29, 0.717) is 17.2 Å². The van der Waals surface area contributed by atoms with Crippen LogP contribution in [-0.4, -0.2) is 18.5 Å². The Bertz CT molecular complexity index is 682. The number of amides is 1. The lowest BCUT2D eigenvalue weighted by atomic mass is 10.2. The van der Waals surface area contributed by atoms with E-state index in [4.69, 9.17) is 9.47 Å². The van der Waals surface area contributed by atoms with Crippen LogP contribution in [0, 0.1) is 6.92 Å². The molecule has 0 fully saturated rings. The highest BCUT2D eigenvalue weighted by molar-refractivity contribution is 5.93. The number of hydrogen-bond acceptors (Lipinski definition) is 4. The van der Waals surface area contributed by atoms with Crippen molar-refractivity contribution in [2.24, 2.45) is 0 Å². The number of nitrogens with one attached hydrogen (secondary N) is 1. The molecule has 0 aliphatic heterocycles. The van der Waals surface area contributed by atoms with Crippen molar-refractivity contribution >= 4 is 17.6 Å². The van der Waals surface area contributed by atoms with Gasteiger partial charge < -0.3 is 14.8 Å². The van der Waals surface area contributed by atoms with Gasteiger partial charge >= 0.3 is 5.97 Å². The van der Waals surface area contributed by atoms with Crippen LogP contribution in [0.5, 0.6) is 11.5 Å². The summed E-state index contributed by atoms with van der Waals surface area (Å²) in [6.45, 7) is 3.12. The van der Waals surface area contributed by atoms with Crippen LogP contribution < -0.4 is 14.8 Å². The third kappa shape index (κ3) is 4.63. The smallest absolute Gasteiger partial charge is 0.308 e.